The van der Waals surface area contributed by atoms with Gasteiger partial charge in [0, 0.05) is 0 Å². The first-order valence-electron chi connectivity index (χ1n) is 5.04. The molecule has 16 heavy (non-hydrogen) atoms. The van der Waals surface area contributed by atoms with E-state index in [-0.39, 0.29) is 0 Å². The van der Waals surface area contributed by atoms with E-state index in [4.69, 9.17) is 10.5 Å². The Morgan fingerprint density at radius 1 is 1.44 bits per heavy atom. The number of hydrogen-bond donors (Lipinski definition) is 2. The van der Waals surface area contributed by atoms with E-state index in [2.05, 4.69) is 5.32 Å². The van der Waals surface area contributed by atoms with Gasteiger partial charge in [-0.3, -0.25) is 10.1 Å². The number of carbonyl (C=O) groups is 2. The molecule has 0 bridgehead atoms. The maximum absolute atomic E-state index is 11.4. The molecule has 0 saturated heterocycles. The largest absolute Gasteiger partial charge is 0.444 e. The van der Waals surface area contributed by atoms with Crippen LogP contribution < -0.4 is 11.1 Å². The van der Waals surface area contributed by atoms with Crippen LogP contribution in [0.25, 0.3) is 0 Å². The number of rotatable bonds is 4. The van der Waals surface area contributed by atoms with Crippen LogP contribution in [0.1, 0.15) is 27.2 Å². The summed E-state index contributed by atoms with van der Waals surface area (Å²) in [4.78, 5) is 22.6. The van der Waals surface area contributed by atoms with Crippen molar-refractivity contribution in [2.45, 2.75) is 38.8 Å². The molecule has 0 saturated carbocycles. The second kappa shape index (κ2) is 6.75. The molecule has 0 fully saturated rings. The number of hydrogen-bond acceptors (Lipinski definition) is 5. The predicted octanol–water partition coefficient (Wildman–Crippen LogP) is 1.12. The standard InChI is InChI=1S/C10H20N2O3S/c1-10(2,3)15-9(14)12-8(13)7(11)5-6-16-4/h7H,5-6,11H2,1-4H3,(H,12,13,14)/t7-/m1/s1. The molecular weight excluding hydrogens is 228 g/mol. The molecule has 2 amide bonds. The van der Waals surface area contributed by atoms with Crippen LogP contribution in [0.3, 0.4) is 0 Å². The van der Waals surface area contributed by atoms with Gasteiger partial charge in [-0.1, -0.05) is 0 Å². The highest BCUT2D eigenvalue weighted by atomic mass is 32.2. The van der Waals surface area contributed by atoms with Crippen molar-refractivity contribution in [3.63, 3.8) is 0 Å². The molecule has 0 aliphatic carbocycles. The summed E-state index contributed by atoms with van der Waals surface area (Å²) in [6, 6.07) is -0.667. The molecule has 0 heterocycles. The Kier molecular flexibility index (Phi) is 6.43. The van der Waals surface area contributed by atoms with E-state index in [1.165, 1.54) is 0 Å². The second-order valence-corrected chi connectivity index (χ2v) is 5.36. The molecule has 0 aromatic rings. The lowest BCUT2D eigenvalue weighted by Gasteiger charge is -2.20. The summed E-state index contributed by atoms with van der Waals surface area (Å²) in [5.41, 5.74) is 4.96. The Morgan fingerprint density at radius 3 is 2.44 bits per heavy atom. The number of carbonyl (C=O) groups excluding carboxylic acids is 2. The van der Waals surface area contributed by atoms with E-state index < -0.39 is 23.6 Å². The summed E-state index contributed by atoms with van der Waals surface area (Å²) in [5.74, 6) is 0.284. The number of ether oxygens (including phenoxy) is 1. The van der Waals surface area contributed by atoms with Crippen LogP contribution >= 0.6 is 11.8 Å². The summed E-state index contributed by atoms with van der Waals surface area (Å²) in [5, 5.41) is 2.11. The fourth-order valence-electron chi connectivity index (χ4n) is 0.873. The highest BCUT2D eigenvalue weighted by molar-refractivity contribution is 7.98. The predicted molar refractivity (Wildman–Crippen MR) is 65.4 cm³/mol. The number of imide groups is 1. The molecule has 0 aliphatic rings. The SMILES string of the molecule is CSCC[C@@H](N)C(=O)NC(=O)OC(C)(C)C. The fourth-order valence-corrected chi connectivity index (χ4v) is 1.36. The zero-order valence-electron chi connectivity index (χ0n) is 10.2. The molecule has 1 atom stereocenters. The summed E-state index contributed by atoms with van der Waals surface area (Å²) in [6.07, 6.45) is 1.71. The van der Waals surface area contributed by atoms with Gasteiger partial charge < -0.3 is 10.5 Å². The van der Waals surface area contributed by atoms with Crippen molar-refractivity contribution in [3.05, 3.63) is 0 Å². The summed E-state index contributed by atoms with van der Waals surface area (Å²) in [6.45, 7) is 5.18. The van der Waals surface area contributed by atoms with Gasteiger partial charge in [0.25, 0.3) is 0 Å². The minimum atomic E-state index is -0.753. The molecule has 0 radical (unpaired) electrons. The third-order valence-electron chi connectivity index (χ3n) is 1.59. The first-order chi connectivity index (χ1) is 7.26. The molecule has 5 nitrogen and oxygen atoms in total. The highest BCUT2D eigenvalue weighted by Crippen LogP contribution is 2.06. The molecular formula is C10H20N2O3S. The zero-order valence-corrected chi connectivity index (χ0v) is 11.0. The van der Waals surface area contributed by atoms with Gasteiger partial charge in [-0.15, -0.1) is 0 Å². The van der Waals surface area contributed by atoms with Gasteiger partial charge >= 0.3 is 6.09 Å². The summed E-state index contributed by atoms with van der Waals surface area (Å²) in [7, 11) is 0. The number of amides is 2. The Balaban J connectivity index is 3.99. The van der Waals surface area contributed by atoms with Gasteiger partial charge in [0.05, 0.1) is 6.04 Å². The maximum atomic E-state index is 11.4. The lowest BCUT2D eigenvalue weighted by atomic mass is 10.2. The third kappa shape index (κ3) is 7.53. The Hall–Kier alpha value is -0.750. The van der Waals surface area contributed by atoms with E-state index in [1.54, 1.807) is 32.5 Å². The van der Waals surface area contributed by atoms with E-state index in [0.29, 0.717) is 6.42 Å². The first-order valence-corrected chi connectivity index (χ1v) is 6.44. The Bertz CT molecular complexity index is 251. The van der Waals surface area contributed by atoms with Crippen molar-refractivity contribution in [2.24, 2.45) is 5.73 Å². The van der Waals surface area contributed by atoms with Crippen LogP contribution in [-0.2, 0) is 9.53 Å². The van der Waals surface area contributed by atoms with Crippen LogP contribution in [0, 0.1) is 0 Å². The molecule has 6 heteroatoms. The first kappa shape index (κ1) is 15.2. The van der Waals surface area contributed by atoms with Gasteiger partial charge in [-0.25, -0.2) is 4.79 Å². The average molecular weight is 248 g/mol. The molecule has 3 N–H and O–H groups in total. The van der Waals surface area contributed by atoms with Crippen LogP contribution in [-0.4, -0.2) is 35.7 Å². The van der Waals surface area contributed by atoms with E-state index in [1.807, 2.05) is 6.26 Å². The lowest BCUT2D eigenvalue weighted by molar-refractivity contribution is -0.122. The van der Waals surface area contributed by atoms with Gasteiger partial charge in [0.15, 0.2) is 0 Å². The van der Waals surface area contributed by atoms with Crippen LogP contribution in [0.5, 0.6) is 0 Å². The second-order valence-electron chi connectivity index (χ2n) is 4.38. The smallest absolute Gasteiger partial charge is 0.414 e. The van der Waals surface area contributed by atoms with E-state index in [9.17, 15) is 9.59 Å². The third-order valence-corrected chi connectivity index (χ3v) is 2.24. The zero-order chi connectivity index (χ0) is 12.8. The van der Waals surface area contributed by atoms with Crippen molar-refractivity contribution in [2.75, 3.05) is 12.0 Å². The number of alkyl carbamates (subject to hydrolysis) is 1. The molecule has 0 rings (SSSR count). The van der Waals surface area contributed by atoms with Crippen LogP contribution in [0.15, 0.2) is 0 Å². The molecule has 0 aliphatic heterocycles. The molecule has 0 aromatic carbocycles. The minimum Gasteiger partial charge on any atom is -0.444 e. The Labute approximate surface area is 100 Å². The number of nitrogens with one attached hydrogen (secondary N) is 1. The van der Waals surface area contributed by atoms with Crippen molar-refractivity contribution in [1.29, 1.82) is 0 Å². The number of nitrogens with two attached hydrogens (primary N) is 1. The maximum Gasteiger partial charge on any atom is 0.414 e. The number of thioether (sulfide) groups is 1. The quantitative estimate of drug-likeness (QED) is 0.779. The van der Waals surface area contributed by atoms with Crippen molar-refractivity contribution in [3.8, 4) is 0 Å². The summed E-state index contributed by atoms with van der Waals surface area (Å²) < 4.78 is 4.93. The van der Waals surface area contributed by atoms with Gasteiger partial charge in [0.1, 0.15) is 5.60 Å². The minimum absolute atomic E-state index is 0.497. The molecule has 0 spiro atoms. The lowest BCUT2D eigenvalue weighted by Crippen LogP contribution is -2.45. The average Bonchev–Trinajstić information content (AvgIpc) is 2.10. The molecule has 0 unspecified atom stereocenters. The van der Waals surface area contributed by atoms with Gasteiger partial charge in [0.2, 0.25) is 5.91 Å². The van der Waals surface area contributed by atoms with E-state index in [0.717, 1.165) is 5.75 Å². The Morgan fingerprint density at radius 2 is 2.00 bits per heavy atom. The highest BCUT2D eigenvalue weighted by Gasteiger charge is 2.20. The van der Waals surface area contributed by atoms with E-state index >= 15 is 0 Å². The monoisotopic (exact) mass is 248 g/mol. The molecule has 94 valence electrons. The van der Waals surface area contributed by atoms with Crippen LogP contribution in [0.4, 0.5) is 4.79 Å². The fraction of sp³-hybridized carbons (Fsp3) is 0.800. The van der Waals surface area contributed by atoms with Crippen molar-refractivity contribution in [1.82, 2.24) is 5.32 Å². The summed E-state index contributed by atoms with van der Waals surface area (Å²) >= 11 is 1.60. The van der Waals surface area contributed by atoms with Crippen molar-refractivity contribution < 1.29 is 14.3 Å². The van der Waals surface area contributed by atoms with Crippen LogP contribution in [0.2, 0.25) is 0 Å². The van der Waals surface area contributed by atoms with Crippen molar-refractivity contribution >= 4 is 23.8 Å². The molecule has 0 aromatic heterocycles. The normalized spacial score (nSPS) is 13.1. The van der Waals surface area contributed by atoms with Gasteiger partial charge in [-0.05, 0) is 39.2 Å². The topological polar surface area (TPSA) is 81.4 Å². The van der Waals surface area contributed by atoms with Gasteiger partial charge in [-0.2, -0.15) is 11.8 Å².